The first-order valence-corrected chi connectivity index (χ1v) is 10.7. The molecule has 0 fully saturated rings. The number of ether oxygens (including phenoxy) is 3. The quantitative estimate of drug-likeness (QED) is 0.389. The van der Waals surface area contributed by atoms with E-state index in [9.17, 15) is 14.0 Å². The molecule has 0 spiro atoms. The van der Waals surface area contributed by atoms with Crippen LogP contribution in [0.3, 0.4) is 0 Å². The van der Waals surface area contributed by atoms with Crippen molar-refractivity contribution in [2.24, 2.45) is 0 Å². The van der Waals surface area contributed by atoms with Gasteiger partial charge in [-0.25, -0.2) is 14.2 Å². The minimum Gasteiger partial charge on any atom is -0.490 e. The van der Waals surface area contributed by atoms with Crippen molar-refractivity contribution in [1.29, 1.82) is 0 Å². The second kappa shape index (κ2) is 10.7. The Balaban J connectivity index is 1.94. The number of aryl methyl sites for hydroxylation is 2. The zero-order valence-corrected chi connectivity index (χ0v) is 19.0. The number of esters is 2. The fourth-order valence-electron chi connectivity index (χ4n) is 2.70. The van der Waals surface area contributed by atoms with Gasteiger partial charge in [-0.15, -0.1) is 11.3 Å². The van der Waals surface area contributed by atoms with E-state index < -0.39 is 17.4 Å². The predicted molar refractivity (Wildman–Crippen MR) is 113 cm³/mol. The van der Waals surface area contributed by atoms with Crippen molar-refractivity contribution >= 4 is 34.9 Å². The number of halogens is 2. The van der Waals surface area contributed by atoms with Crippen molar-refractivity contribution in [3.05, 3.63) is 44.6 Å². The molecule has 0 saturated heterocycles. The fourth-order valence-corrected chi connectivity index (χ4v) is 3.87. The Morgan fingerprint density at radius 3 is 2.63 bits per heavy atom. The number of rotatable bonds is 9. The van der Waals surface area contributed by atoms with Crippen LogP contribution >= 0.6 is 22.9 Å². The van der Waals surface area contributed by atoms with Crippen LogP contribution in [0.15, 0.2) is 18.2 Å². The lowest BCUT2D eigenvalue weighted by Crippen LogP contribution is -2.24. The number of aromatic nitrogens is 1. The van der Waals surface area contributed by atoms with Gasteiger partial charge in [0, 0.05) is 11.3 Å². The monoisotopic (exact) mass is 457 g/mol. The second-order valence-electron chi connectivity index (χ2n) is 7.50. The van der Waals surface area contributed by atoms with Crippen molar-refractivity contribution in [3.8, 4) is 5.75 Å². The number of methoxy groups -OCH3 is 1. The summed E-state index contributed by atoms with van der Waals surface area (Å²) in [7, 11) is 1.28. The molecule has 0 radical (unpaired) electrons. The van der Waals surface area contributed by atoms with Gasteiger partial charge in [-0.1, -0.05) is 23.7 Å². The number of carbonyl (C=O) groups excluding carboxylic acids is 2. The maximum absolute atomic E-state index is 14.3. The molecule has 164 valence electrons. The molecule has 0 aliphatic heterocycles. The number of benzene rings is 1. The van der Waals surface area contributed by atoms with Crippen LogP contribution in [0.4, 0.5) is 4.39 Å². The molecule has 0 N–H and O–H groups in total. The molecule has 0 aliphatic carbocycles. The van der Waals surface area contributed by atoms with E-state index in [0.29, 0.717) is 29.7 Å². The summed E-state index contributed by atoms with van der Waals surface area (Å²) in [5.41, 5.74) is 0.217. The Morgan fingerprint density at radius 1 is 1.23 bits per heavy atom. The van der Waals surface area contributed by atoms with Gasteiger partial charge in [-0.05, 0) is 51.7 Å². The third-order valence-corrected chi connectivity index (χ3v) is 5.13. The van der Waals surface area contributed by atoms with Gasteiger partial charge >= 0.3 is 11.9 Å². The molecule has 0 unspecified atom stereocenters. The van der Waals surface area contributed by atoms with Crippen LogP contribution in [0.2, 0.25) is 4.47 Å². The SMILES string of the molecule is COC(=O)c1nc(Cl)sc1CCCOc1c(F)cccc1CCC(=O)OC(C)(C)C. The summed E-state index contributed by atoms with van der Waals surface area (Å²) in [5, 5.41) is 0. The second-order valence-corrected chi connectivity index (χ2v) is 9.16. The van der Waals surface area contributed by atoms with Gasteiger partial charge in [-0.2, -0.15) is 0 Å². The first-order chi connectivity index (χ1) is 14.1. The highest BCUT2D eigenvalue weighted by Crippen LogP contribution is 2.27. The third kappa shape index (κ3) is 7.25. The van der Waals surface area contributed by atoms with E-state index in [0.717, 1.165) is 0 Å². The number of hydrogen-bond donors (Lipinski definition) is 0. The molecule has 1 aromatic carbocycles. The van der Waals surface area contributed by atoms with Crippen molar-refractivity contribution in [1.82, 2.24) is 4.98 Å². The Bertz CT molecular complexity index is 894. The Labute approximate surface area is 184 Å². The lowest BCUT2D eigenvalue weighted by molar-refractivity contribution is -0.154. The molecular weight excluding hydrogens is 433 g/mol. The summed E-state index contributed by atoms with van der Waals surface area (Å²) in [4.78, 5) is 28.4. The van der Waals surface area contributed by atoms with E-state index in [4.69, 9.17) is 25.8 Å². The van der Waals surface area contributed by atoms with Crippen LogP contribution < -0.4 is 4.74 Å². The molecule has 0 bridgehead atoms. The molecular formula is C21H25ClFNO5S. The lowest BCUT2D eigenvalue weighted by atomic mass is 10.1. The van der Waals surface area contributed by atoms with Crippen LogP contribution in [0.25, 0.3) is 0 Å². The van der Waals surface area contributed by atoms with Gasteiger partial charge in [-0.3, -0.25) is 4.79 Å². The third-order valence-electron chi connectivity index (χ3n) is 3.91. The Kier molecular flexibility index (Phi) is 8.61. The molecule has 6 nitrogen and oxygen atoms in total. The molecule has 30 heavy (non-hydrogen) atoms. The molecule has 1 heterocycles. The number of thiazole rings is 1. The van der Waals surface area contributed by atoms with Gasteiger partial charge in [0.15, 0.2) is 21.7 Å². The van der Waals surface area contributed by atoms with Crippen LogP contribution in [0.5, 0.6) is 5.75 Å². The summed E-state index contributed by atoms with van der Waals surface area (Å²) in [5.74, 6) is -1.27. The van der Waals surface area contributed by atoms with E-state index in [1.54, 1.807) is 32.9 Å². The Hall–Kier alpha value is -2.19. The van der Waals surface area contributed by atoms with E-state index in [1.807, 2.05) is 0 Å². The van der Waals surface area contributed by atoms with Crippen LogP contribution in [0.1, 0.15) is 54.5 Å². The standard InChI is InChI=1S/C21H25ClFNO5S/c1-21(2,3)29-16(25)11-10-13-7-5-8-14(23)18(13)28-12-6-9-15-17(19(26)27-4)24-20(22)30-15/h5,7-8H,6,9-12H2,1-4H3. The molecule has 2 rings (SSSR count). The van der Waals surface area contributed by atoms with E-state index in [-0.39, 0.29) is 34.9 Å². The minimum absolute atomic E-state index is 0.122. The number of carbonyl (C=O) groups is 2. The summed E-state index contributed by atoms with van der Waals surface area (Å²) >= 11 is 7.10. The highest BCUT2D eigenvalue weighted by Gasteiger charge is 2.19. The number of para-hydroxylation sites is 1. The van der Waals surface area contributed by atoms with Gasteiger partial charge in [0.25, 0.3) is 0 Å². The van der Waals surface area contributed by atoms with Gasteiger partial charge in [0.2, 0.25) is 0 Å². The van der Waals surface area contributed by atoms with Gasteiger partial charge in [0.05, 0.1) is 13.7 Å². The van der Waals surface area contributed by atoms with Gasteiger partial charge in [0.1, 0.15) is 5.60 Å². The average Bonchev–Trinajstić information content (AvgIpc) is 3.03. The summed E-state index contributed by atoms with van der Waals surface area (Å²) in [6, 6.07) is 4.61. The Morgan fingerprint density at radius 2 is 1.97 bits per heavy atom. The number of nitrogens with zero attached hydrogens (tertiary/aromatic N) is 1. The first kappa shape index (κ1) is 24.1. The zero-order valence-electron chi connectivity index (χ0n) is 17.4. The molecule has 1 aromatic heterocycles. The fraction of sp³-hybridized carbons (Fsp3) is 0.476. The van der Waals surface area contributed by atoms with E-state index in [2.05, 4.69) is 4.98 Å². The van der Waals surface area contributed by atoms with Crippen LogP contribution in [-0.2, 0) is 27.1 Å². The summed E-state index contributed by atoms with van der Waals surface area (Å²) < 4.78 is 30.2. The molecule has 2 aromatic rings. The lowest BCUT2D eigenvalue weighted by Gasteiger charge is -2.19. The van der Waals surface area contributed by atoms with E-state index in [1.165, 1.54) is 24.5 Å². The van der Waals surface area contributed by atoms with Crippen LogP contribution in [0, 0.1) is 5.82 Å². The largest absolute Gasteiger partial charge is 0.490 e. The van der Waals surface area contributed by atoms with Crippen molar-refractivity contribution in [3.63, 3.8) is 0 Å². The predicted octanol–water partition coefficient (Wildman–Crippen LogP) is 5.01. The molecule has 0 atom stereocenters. The summed E-state index contributed by atoms with van der Waals surface area (Å²) in [6.07, 6.45) is 1.43. The molecule has 0 saturated carbocycles. The number of hydrogen-bond acceptors (Lipinski definition) is 7. The van der Waals surface area contributed by atoms with Crippen LogP contribution in [-0.4, -0.2) is 36.2 Å². The summed E-state index contributed by atoms with van der Waals surface area (Å²) in [6.45, 7) is 5.60. The average molecular weight is 458 g/mol. The van der Waals surface area contributed by atoms with E-state index >= 15 is 0 Å². The maximum atomic E-state index is 14.3. The molecule has 9 heteroatoms. The smallest absolute Gasteiger partial charge is 0.357 e. The molecule has 0 aliphatic rings. The molecule has 0 amide bonds. The van der Waals surface area contributed by atoms with Gasteiger partial charge < -0.3 is 14.2 Å². The first-order valence-electron chi connectivity index (χ1n) is 9.46. The topological polar surface area (TPSA) is 74.7 Å². The highest BCUT2D eigenvalue weighted by molar-refractivity contribution is 7.16. The minimum atomic E-state index is -0.569. The van der Waals surface area contributed by atoms with Crippen molar-refractivity contribution < 1.29 is 28.2 Å². The maximum Gasteiger partial charge on any atom is 0.357 e. The highest BCUT2D eigenvalue weighted by atomic mass is 35.5. The van der Waals surface area contributed by atoms with Crippen molar-refractivity contribution in [2.45, 2.75) is 52.1 Å². The van der Waals surface area contributed by atoms with Crippen molar-refractivity contribution in [2.75, 3.05) is 13.7 Å². The normalized spacial score (nSPS) is 11.3. The zero-order chi connectivity index (χ0) is 22.3.